The highest BCUT2D eigenvalue weighted by Gasteiger charge is 2.33. The van der Waals surface area contributed by atoms with Gasteiger partial charge in [-0.05, 0) is 37.6 Å². The summed E-state index contributed by atoms with van der Waals surface area (Å²) in [7, 11) is -3.91. The Hall–Kier alpha value is -3.25. The number of hydrogen-bond acceptors (Lipinski definition) is 4. The molecule has 0 bridgehead atoms. The number of carbonyl (C=O) groups is 2. The van der Waals surface area contributed by atoms with Crippen LogP contribution in [0.15, 0.2) is 65.6 Å². The first-order valence-corrected chi connectivity index (χ1v) is 10.2. The van der Waals surface area contributed by atoms with Crippen LogP contribution in [-0.2, 0) is 10.0 Å². The molecule has 1 aliphatic carbocycles. The number of fused-ring (bicyclic) bond motifs is 2. The lowest BCUT2D eigenvalue weighted by Crippen LogP contribution is -2.25. The number of anilines is 1. The fourth-order valence-electron chi connectivity index (χ4n) is 3.39. The minimum atomic E-state index is -3.91. The molecule has 0 unspecified atom stereocenters. The third-order valence-corrected chi connectivity index (χ3v) is 6.24. The zero-order valence-corrected chi connectivity index (χ0v) is 16.1. The highest BCUT2D eigenvalue weighted by atomic mass is 32.2. The van der Waals surface area contributed by atoms with Crippen molar-refractivity contribution in [2.45, 2.75) is 18.7 Å². The van der Waals surface area contributed by atoms with Crippen LogP contribution in [0.3, 0.4) is 0 Å². The summed E-state index contributed by atoms with van der Waals surface area (Å²) in [5, 5.41) is 0. The van der Waals surface area contributed by atoms with Crippen LogP contribution in [0, 0.1) is 13.8 Å². The number of hydrogen-bond donors (Lipinski definition) is 1. The predicted octanol–water partition coefficient (Wildman–Crippen LogP) is 3.88. The van der Waals surface area contributed by atoms with Gasteiger partial charge in [0.1, 0.15) is 0 Å². The minimum absolute atomic E-state index is 0.0856. The van der Waals surface area contributed by atoms with Crippen LogP contribution in [0.4, 0.5) is 5.69 Å². The lowest BCUT2D eigenvalue weighted by molar-refractivity contribution is 0.0979. The summed E-state index contributed by atoms with van der Waals surface area (Å²) in [5.41, 5.74) is 2.62. The summed E-state index contributed by atoms with van der Waals surface area (Å²) < 4.78 is 28.1. The van der Waals surface area contributed by atoms with Gasteiger partial charge in [-0.25, -0.2) is 8.42 Å². The van der Waals surface area contributed by atoms with Gasteiger partial charge in [0.15, 0.2) is 11.6 Å². The van der Waals surface area contributed by atoms with Crippen LogP contribution < -0.4 is 4.72 Å². The van der Waals surface area contributed by atoms with E-state index < -0.39 is 10.0 Å². The van der Waals surface area contributed by atoms with Gasteiger partial charge in [-0.3, -0.25) is 14.3 Å². The summed E-state index contributed by atoms with van der Waals surface area (Å²) >= 11 is 0. The molecule has 1 aliphatic rings. The lowest BCUT2D eigenvalue weighted by atomic mass is 9.81. The maximum absolute atomic E-state index is 13.1. The number of carbonyl (C=O) groups excluding carboxylic acids is 2. The van der Waals surface area contributed by atoms with Gasteiger partial charge in [0.25, 0.3) is 10.0 Å². The van der Waals surface area contributed by atoms with Crippen LogP contribution >= 0.6 is 0 Å². The Morgan fingerprint density at radius 2 is 1.29 bits per heavy atom. The van der Waals surface area contributed by atoms with Crippen molar-refractivity contribution in [3.63, 3.8) is 0 Å². The molecule has 0 saturated heterocycles. The molecule has 0 aromatic heterocycles. The first-order valence-electron chi connectivity index (χ1n) is 8.71. The van der Waals surface area contributed by atoms with E-state index in [1.807, 2.05) is 6.92 Å². The predicted molar refractivity (Wildman–Crippen MR) is 106 cm³/mol. The molecule has 4 rings (SSSR count). The average Bonchev–Trinajstić information content (AvgIpc) is 2.67. The zero-order chi connectivity index (χ0) is 20.1. The van der Waals surface area contributed by atoms with Crippen LogP contribution in [0.25, 0.3) is 0 Å². The van der Waals surface area contributed by atoms with E-state index in [2.05, 4.69) is 4.72 Å². The zero-order valence-electron chi connectivity index (χ0n) is 15.3. The Labute approximate surface area is 163 Å². The van der Waals surface area contributed by atoms with Crippen LogP contribution in [0.5, 0.6) is 0 Å². The van der Waals surface area contributed by atoms with E-state index in [0.717, 1.165) is 5.56 Å². The van der Waals surface area contributed by atoms with Gasteiger partial charge in [0, 0.05) is 16.7 Å². The molecule has 0 heterocycles. The van der Waals surface area contributed by atoms with E-state index in [-0.39, 0.29) is 38.8 Å². The fourth-order valence-corrected chi connectivity index (χ4v) is 4.46. The summed E-state index contributed by atoms with van der Waals surface area (Å²) in [6.07, 6.45) is 0. The smallest absolute Gasteiger partial charge is 0.261 e. The largest absolute Gasteiger partial charge is 0.289 e. The van der Waals surface area contributed by atoms with Crippen molar-refractivity contribution in [1.82, 2.24) is 0 Å². The molecular weight excluding hydrogens is 374 g/mol. The van der Waals surface area contributed by atoms with E-state index in [4.69, 9.17) is 0 Å². The van der Waals surface area contributed by atoms with Crippen molar-refractivity contribution < 1.29 is 18.0 Å². The molecule has 1 N–H and O–H groups in total. The Morgan fingerprint density at radius 3 is 1.89 bits per heavy atom. The Bertz CT molecular complexity index is 1240. The molecule has 0 atom stereocenters. The van der Waals surface area contributed by atoms with E-state index >= 15 is 0 Å². The molecule has 3 aromatic carbocycles. The third-order valence-electron chi connectivity index (χ3n) is 4.86. The Kier molecular flexibility index (Phi) is 4.16. The van der Waals surface area contributed by atoms with Gasteiger partial charge >= 0.3 is 0 Å². The molecule has 0 spiro atoms. The minimum Gasteiger partial charge on any atom is -0.289 e. The maximum Gasteiger partial charge on any atom is 0.261 e. The highest BCUT2D eigenvalue weighted by molar-refractivity contribution is 7.92. The number of rotatable bonds is 3. The lowest BCUT2D eigenvalue weighted by Gasteiger charge is -2.22. The topological polar surface area (TPSA) is 80.3 Å². The van der Waals surface area contributed by atoms with Crippen LogP contribution in [0.1, 0.15) is 43.0 Å². The molecule has 28 heavy (non-hydrogen) atoms. The second kappa shape index (κ2) is 6.42. The number of nitrogens with one attached hydrogen (secondary N) is 1. The summed E-state index contributed by atoms with van der Waals surface area (Å²) in [6, 6.07) is 16.1. The van der Waals surface area contributed by atoms with Crippen molar-refractivity contribution in [2.24, 2.45) is 0 Å². The second-order valence-corrected chi connectivity index (χ2v) is 8.48. The summed E-state index contributed by atoms with van der Waals surface area (Å²) in [5.74, 6) is -0.644. The average molecular weight is 391 g/mol. The molecule has 140 valence electrons. The first kappa shape index (κ1) is 18.1. The Balaban J connectivity index is 1.86. The SMILES string of the molecule is Cc1ccc(S(=O)(=O)Nc2ccc(C)c3c2C(=O)c2ccccc2C3=O)cc1. The number of ketones is 2. The van der Waals surface area contributed by atoms with Crippen LogP contribution in [-0.4, -0.2) is 20.0 Å². The molecule has 0 amide bonds. The fraction of sp³-hybridized carbons (Fsp3) is 0.0909. The van der Waals surface area contributed by atoms with Crippen molar-refractivity contribution in [2.75, 3.05) is 4.72 Å². The molecule has 0 saturated carbocycles. The van der Waals surface area contributed by atoms with Crippen molar-refractivity contribution in [3.05, 3.63) is 94.0 Å². The van der Waals surface area contributed by atoms with Gasteiger partial charge in [-0.15, -0.1) is 0 Å². The normalized spacial score (nSPS) is 13.1. The van der Waals surface area contributed by atoms with Gasteiger partial charge in [0.2, 0.25) is 0 Å². The van der Waals surface area contributed by atoms with Crippen molar-refractivity contribution >= 4 is 27.3 Å². The molecule has 3 aromatic rings. The number of aryl methyl sites for hydroxylation is 2. The van der Waals surface area contributed by atoms with E-state index in [1.165, 1.54) is 18.2 Å². The van der Waals surface area contributed by atoms with Crippen molar-refractivity contribution in [1.29, 1.82) is 0 Å². The van der Waals surface area contributed by atoms with Gasteiger partial charge in [0.05, 0.1) is 16.1 Å². The molecule has 5 nitrogen and oxygen atoms in total. The monoisotopic (exact) mass is 391 g/mol. The van der Waals surface area contributed by atoms with Crippen molar-refractivity contribution in [3.8, 4) is 0 Å². The first-order chi connectivity index (χ1) is 13.3. The summed E-state index contributed by atoms with van der Waals surface area (Å²) in [4.78, 5) is 26.2. The molecule has 0 radical (unpaired) electrons. The standard InChI is InChI=1S/C22H17NO4S/c1-13-7-10-15(11-8-13)28(26,27)23-18-12-9-14(2)19-20(18)22(25)17-6-4-3-5-16(17)21(19)24/h3-12,23H,1-2H3. The molecule has 0 aliphatic heterocycles. The van der Waals surface area contributed by atoms with Gasteiger partial charge in [-0.2, -0.15) is 0 Å². The second-order valence-electron chi connectivity index (χ2n) is 6.80. The number of sulfonamides is 1. The Morgan fingerprint density at radius 1 is 0.714 bits per heavy atom. The quantitative estimate of drug-likeness (QED) is 0.575. The maximum atomic E-state index is 13.1. The van der Waals surface area contributed by atoms with Gasteiger partial charge in [-0.1, -0.05) is 48.0 Å². The molecule has 6 heteroatoms. The molecular formula is C22H17NO4S. The third kappa shape index (κ3) is 2.82. The van der Waals surface area contributed by atoms with E-state index in [0.29, 0.717) is 11.1 Å². The summed E-state index contributed by atoms with van der Waals surface area (Å²) in [6.45, 7) is 3.60. The number of benzene rings is 3. The van der Waals surface area contributed by atoms with Crippen LogP contribution in [0.2, 0.25) is 0 Å². The highest BCUT2D eigenvalue weighted by Crippen LogP contribution is 2.34. The van der Waals surface area contributed by atoms with Gasteiger partial charge < -0.3 is 0 Å². The molecule has 0 fully saturated rings. The van der Waals surface area contributed by atoms with E-state index in [9.17, 15) is 18.0 Å². The van der Waals surface area contributed by atoms with E-state index in [1.54, 1.807) is 49.4 Å².